The van der Waals surface area contributed by atoms with Crippen LogP contribution < -0.4 is 0 Å². The number of nitrogens with zero attached hydrogens (tertiary/aromatic N) is 1. The second kappa shape index (κ2) is 5.47. The summed E-state index contributed by atoms with van der Waals surface area (Å²) in [5, 5.41) is 0. The van der Waals surface area contributed by atoms with E-state index in [9.17, 15) is 8.42 Å². The van der Waals surface area contributed by atoms with Crippen molar-refractivity contribution in [3.8, 4) is 0 Å². The van der Waals surface area contributed by atoms with Gasteiger partial charge in [0.1, 0.15) is 4.66 Å². The minimum absolute atomic E-state index is 0.0524. The first-order valence-electron chi connectivity index (χ1n) is 5.14. The molecule has 1 atom stereocenters. The lowest BCUT2D eigenvalue weighted by molar-refractivity contribution is 0.410. The fourth-order valence-corrected chi connectivity index (χ4v) is 3.69. The molecular weight excluding hydrogens is 266 g/mol. The number of rotatable bonds is 3. The molecule has 1 saturated heterocycles. The van der Waals surface area contributed by atoms with Gasteiger partial charge in [0.2, 0.25) is 10.0 Å². The Morgan fingerprint density at radius 2 is 2.07 bits per heavy atom. The molecule has 0 N–H and O–H groups in total. The number of hydrogen-bond acceptors (Lipinski definition) is 2. The second-order valence-electron chi connectivity index (χ2n) is 3.83. The fourth-order valence-electron chi connectivity index (χ4n) is 1.89. The first kappa shape index (κ1) is 12.5. The first-order valence-corrected chi connectivity index (χ1v) is 7.87. The molecule has 1 rings (SSSR count). The zero-order valence-electron chi connectivity index (χ0n) is 8.58. The highest BCUT2D eigenvalue weighted by molar-refractivity contribution is 9.10. The molecule has 1 fully saturated rings. The summed E-state index contributed by atoms with van der Waals surface area (Å²) in [6.45, 7) is 3.58. The Morgan fingerprint density at radius 1 is 1.36 bits per heavy atom. The van der Waals surface area contributed by atoms with Gasteiger partial charge in [-0.3, -0.25) is 0 Å². The Kier molecular flexibility index (Phi) is 4.87. The number of hydrogen-bond donors (Lipinski definition) is 0. The van der Waals surface area contributed by atoms with Crippen LogP contribution in [0.25, 0.3) is 0 Å². The van der Waals surface area contributed by atoms with Crippen LogP contribution in [0.15, 0.2) is 0 Å². The lowest BCUT2D eigenvalue weighted by atomic mass is 9.98. The van der Waals surface area contributed by atoms with Crippen LogP contribution in [0.3, 0.4) is 0 Å². The summed E-state index contributed by atoms with van der Waals surface area (Å²) in [6.07, 6.45) is 4.36. The van der Waals surface area contributed by atoms with Crippen molar-refractivity contribution in [1.82, 2.24) is 4.31 Å². The van der Waals surface area contributed by atoms with E-state index in [0.29, 0.717) is 19.0 Å². The standard InChI is InChI=1S/C9H18BrNO2S/c1-2-9-4-3-6-11(7-5-9)14(12,13)8-10/h9H,2-8H2,1H3. The van der Waals surface area contributed by atoms with Crippen LogP contribution >= 0.6 is 15.9 Å². The molecular formula is C9H18BrNO2S. The second-order valence-corrected chi connectivity index (χ2v) is 7.10. The van der Waals surface area contributed by atoms with E-state index in [1.165, 1.54) is 12.8 Å². The van der Waals surface area contributed by atoms with E-state index in [-0.39, 0.29) is 4.66 Å². The van der Waals surface area contributed by atoms with Gasteiger partial charge in [0, 0.05) is 13.1 Å². The van der Waals surface area contributed by atoms with E-state index in [1.54, 1.807) is 4.31 Å². The predicted molar refractivity (Wildman–Crippen MR) is 61.9 cm³/mol. The SMILES string of the molecule is CCC1CCCN(S(=O)(=O)CBr)CC1. The van der Waals surface area contributed by atoms with Gasteiger partial charge >= 0.3 is 0 Å². The van der Waals surface area contributed by atoms with Crippen LogP contribution in [0.5, 0.6) is 0 Å². The first-order chi connectivity index (χ1) is 6.60. The van der Waals surface area contributed by atoms with E-state index >= 15 is 0 Å². The van der Waals surface area contributed by atoms with Crippen molar-refractivity contribution in [3.63, 3.8) is 0 Å². The molecule has 0 spiro atoms. The molecule has 1 unspecified atom stereocenters. The third kappa shape index (κ3) is 3.21. The Morgan fingerprint density at radius 3 is 2.64 bits per heavy atom. The summed E-state index contributed by atoms with van der Waals surface area (Å²) in [5.74, 6) is 0.713. The van der Waals surface area contributed by atoms with Crippen LogP contribution in [0, 0.1) is 5.92 Å². The summed E-state index contributed by atoms with van der Waals surface area (Å²) in [6, 6.07) is 0. The lowest BCUT2D eigenvalue weighted by Crippen LogP contribution is -2.32. The summed E-state index contributed by atoms with van der Waals surface area (Å²) < 4.78 is 24.8. The van der Waals surface area contributed by atoms with Crippen LogP contribution in [0.2, 0.25) is 0 Å². The molecule has 0 aromatic rings. The summed E-state index contributed by atoms with van der Waals surface area (Å²) in [4.78, 5) is 0. The number of halogens is 1. The summed E-state index contributed by atoms with van der Waals surface area (Å²) in [5.41, 5.74) is 0. The molecule has 14 heavy (non-hydrogen) atoms. The van der Waals surface area contributed by atoms with Gasteiger partial charge in [-0.25, -0.2) is 12.7 Å². The summed E-state index contributed by atoms with van der Waals surface area (Å²) in [7, 11) is -3.03. The van der Waals surface area contributed by atoms with Crippen molar-refractivity contribution < 1.29 is 8.42 Å². The van der Waals surface area contributed by atoms with E-state index in [4.69, 9.17) is 0 Å². The molecule has 1 aliphatic heterocycles. The highest BCUT2D eigenvalue weighted by atomic mass is 79.9. The third-order valence-electron chi connectivity index (χ3n) is 2.92. The van der Waals surface area contributed by atoms with Crippen molar-refractivity contribution in [2.45, 2.75) is 32.6 Å². The number of alkyl halides is 1. The van der Waals surface area contributed by atoms with Crippen LogP contribution in [-0.2, 0) is 10.0 Å². The van der Waals surface area contributed by atoms with E-state index in [2.05, 4.69) is 22.9 Å². The Bertz CT molecular complexity index is 266. The van der Waals surface area contributed by atoms with Gasteiger partial charge in [0.25, 0.3) is 0 Å². The molecule has 84 valence electrons. The van der Waals surface area contributed by atoms with Gasteiger partial charge in [-0.2, -0.15) is 0 Å². The van der Waals surface area contributed by atoms with E-state index < -0.39 is 10.0 Å². The van der Waals surface area contributed by atoms with Crippen LogP contribution in [0.4, 0.5) is 0 Å². The molecule has 1 heterocycles. The van der Waals surface area contributed by atoms with Gasteiger partial charge in [-0.05, 0) is 25.2 Å². The van der Waals surface area contributed by atoms with Gasteiger partial charge in [0.15, 0.2) is 0 Å². The molecule has 0 amide bonds. The zero-order chi connectivity index (χ0) is 10.6. The molecule has 1 aliphatic rings. The van der Waals surface area contributed by atoms with Gasteiger partial charge in [0.05, 0.1) is 0 Å². The highest BCUT2D eigenvalue weighted by Crippen LogP contribution is 2.22. The monoisotopic (exact) mass is 283 g/mol. The fraction of sp³-hybridized carbons (Fsp3) is 1.00. The molecule has 0 bridgehead atoms. The Balaban J connectivity index is 2.58. The molecule has 0 aromatic carbocycles. The topological polar surface area (TPSA) is 37.4 Å². The van der Waals surface area contributed by atoms with E-state index in [0.717, 1.165) is 12.8 Å². The normalized spacial score (nSPS) is 26.0. The van der Waals surface area contributed by atoms with E-state index in [1.807, 2.05) is 0 Å². The lowest BCUT2D eigenvalue weighted by Gasteiger charge is -2.18. The van der Waals surface area contributed by atoms with Crippen molar-refractivity contribution in [1.29, 1.82) is 0 Å². The largest absolute Gasteiger partial charge is 0.224 e. The van der Waals surface area contributed by atoms with Gasteiger partial charge in [-0.15, -0.1) is 0 Å². The third-order valence-corrected chi connectivity index (χ3v) is 6.08. The average Bonchev–Trinajstić information content (AvgIpc) is 2.42. The molecule has 5 heteroatoms. The molecule has 3 nitrogen and oxygen atoms in total. The van der Waals surface area contributed by atoms with Crippen molar-refractivity contribution in [2.75, 3.05) is 17.8 Å². The summed E-state index contributed by atoms with van der Waals surface area (Å²) >= 11 is 3.03. The molecule has 0 saturated carbocycles. The molecule has 0 radical (unpaired) electrons. The van der Waals surface area contributed by atoms with Gasteiger partial charge < -0.3 is 0 Å². The van der Waals surface area contributed by atoms with Crippen molar-refractivity contribution in [2.24, 2.45) is 5.92 Å². The van der Waals surface area contributed by atoms with Crippen LogP contribution in [0.1, 0.15) is 32.6 Å². The maximum absolute atomic E-state index is 11.6. The number of sulfonamides is 1. The van der Waals surface area contributed by atoms with Crippen molar-refractivity contribution in [3.05, 3.63) is 0 Å². The zero-order valence-corrected chi connectivity index (χ0v) is 11.0. The maximum atomic E-state index is 11.6. The minimum Gasteiger partial charge on any atom is -0.211 e. The maximum Gasteiger partial charge on any atom is 0.224 e. The molecule has 0 aromatic heterocycles. The van der Waals surface area contributed by atoms with Crippen LogP contribution in [-0.4, -0.2) is 30.5 Å². The van der Waals surface area contributed by atoms with Crippen molar-refractivity contribution >= 4 is 26.0 Å². The average molecular weight is 284 g/mol. The molecule has 0 aliphatic carbocycles. The Hall–Kier alpha value is 0.390. The minimum atomic E-state index is -3.03. The van der Waals surface area contributed by atoms with Gasteiger partial charge in [-0.1, -0.05) is 29.3 Å². The predicted octanol–water partition coefficient (Wildman–Crippen LogP) is 2.18. The smallest absolute Gasteiger partial charge is 0.211 e. The quantitative estimate of drug-likeness (QED) is 0.745. The highest BCUT2D eigenvalue weighted by Gasteiger charge is 2.24. The Labute approximate surface area is 95.0 Å².